The number of hydrogen-bond acceptors (Lipinski definition) is 2. The van der Waals surface area contributed by atoms with Crippen molar-refractivity contribution in [3.8, 4) is 6.07 Å². The van der Waals surface area contributed by atoms with Crippen LogP contribution >= 0.6 is 0 Å². The van der Waals surface area contributed by atoms with Gasteiger partial charge in [0.2, 0.25) is 0 Å². The topological polar surface area (TPSA) is 49.8 Å². The molecule has 2 rings (SSSR count). The molecule has 1 aromatic carbocycles. The smallest absolute Gasteiger partial charge is 0.141 e. The normalized spacial score (nSPS) is 17.5. The van der Waals surface area contributed by atoms with Gasteiger partial charge in [-0.25, -0.2) is 4.39 Å². The molecule has 0 aromatic heterocycles. The van der Waals surface area contributed by atoms with Crippen LogP contribution < -0.4 is 5.73 Å². The summed E-state index contributed by atoms with van der Waals surface area (Å²) in [6, 6.07) is 6.33. The van der Waals surface area contributed by atoms with E-state index in [9.17, 15) is 4.39 Å². The first-order valence-corrected chi connectivity index (χ1v) is 4.67. The highest BCUT2D eigenvalue weighted by molar-refractivity contribution is 5.35. The van der Waals surface area contributed by atoms with Crippen LogP contribution in [0.15, 0.2) is 18.2 Å². The van der Waals surface area contributed by atoms with Crippen molar-refractivity contribution in [2.45, 2.75) is 18.9 Å². The lowest BCUT2D eigenvalue weighted by Crippen LogP contribution is -2.12. The maximum absolute atomic E-state index is 13.2. The van der Waals surface area contributed by atoms with Gasteiger partial charge in [-0.2, -0.15) is 5.26 Å². The van der Waals surface area contributed by atoms with Gasteiger partial charge in [-0.3, -0.25) is 0 Å². The highest BCUT2D eigenvalue weighted by atomic mass is 19.1. The van der Waals surface area contributed by atoms with E-state index >= 15 is 0 Å². The molecule has 1 fully saturated rings. The van der Waals surface area contributed by atoms with Gasteiger partial charge in [0.05, 0.1) is 5.56 Å². The van der Waals surface area contributed by atoms with Gasteiger partial charge >= 0.3 is 0 Å². The lowest BCUT2D eigenvalue weighted by molar-refractivity contribution is 0.599. The number of halogens is 1. The fraction of sp³-hybridized carbons (Fsp3) is 0.364. The molecular weight excluding hydrogens is 179 g/mol. The summed E-state index contributed by atoms with van der Waals surface area (Å²) in [6.45, 7) is 0. The summed E-state index contributed by atoms with van der Waals surface area (Å²) in [4.78, 5) is 0. The molecule has 0 saturated heterocycles. The van der Waals surface area contributed by atoms with Gasteiger partial charge in [-0.15, -0.1) is 0 Å². The zero-order valence-corrected chi connectivity index (χ0v) is 7.70. The van der Waals surface area contributed by atoms with Crippen molar-refractivity contribution in [2.24, 2.45) is 11.7 Å². The Labute approximate surface area is 82.1 Å². The number of rotatable bonds is 2. The lowest BCUT2D eigenvalue weighted by Gasteiger charge is -2.10. The fourth-order valence-electron chi connectivity index (χ4n) is 1.56. The van der Waals surface area contributed by atoms with Crippen LogP contribution in [0, 0.1) is 23.1 Å². The van der Waals surface area contributed by atoms with Crippen molar-refractivity contribution < 1.29 is 4.39 Å². The van der Waals surface area contributed by atoms with Crippen molar-refractivity contribution in [2.75, 3.05) is 0 Å². The van der Waals surface area contributed by atoms with E-state index in [1.807, 2.05) is 0 Å². The van der Waals surface area contributed by atoms with Crippen molar-refractivity contribution >= 4 is 0 Å². The number of nitrogens with two attached hydrogens (primary N) is 1. The molecule has 0 radical (unpaired) electrons. The molecule has 1 atom stereocenters. The summed E-state index contributed by atoms with van der Waals surface area (Å²) in [5.74, 6) is 0.0310. The van der Waals surface area contributed by atoms with Crippen LogP contribution in [0.4, 0.5) is 4.39 Å². The second kappa shape index (κ2) is 3.39. The van der Waals surface area contributed by atoms with Gasteiger partial charge in [0.1, 0.15) is 11.9 Å². The Kier molecular flexibility index (Phi) is 2.22. The Morgan fingerprint density at radius 1 is 1.50 bits per heavy atom. The Hall–Kier alpha value is -1.40. The van der Waals surface area contributed by atoms with Gasteiger partial charge in [-0.05, 0) is 36.5 Å². The molecular formula is C11H11FN2. The van der Waals surface area contributed by atoms with E-state index in [1.54, 1.807) is 12.1 Å². The lowest BCUT2D eigenvalue weighted by atomic mass is 10.0. The van der Waals surface area contributed by atoms with Crippen LogP contribution in [0.1, 0.15) is 30.0 Å². The van der Waals surface area contributed by atoms with Crippen LogP contribution in [0.2, 0.25) is 0 Å². The van der Waals surface area contributed by atoms with Crippen LogP contribution in [-0.2, 0) is 0 Å². The van der Waals surface area contributed by atoms with Crippen molar-refractivity contribution in [3.05, 3.63) is 35.1 Å². The quantitative estimate of drug-likeness (QED) is 0.776. The molecule has 1 saturated carbocycles. The van der Waals surface area contributed by atoms with E-state index in [0.717, 1.165) is 18.4 Å². The molecule has 0 aliphatic heterocycles. The highest BCUT2D eigenvalue weighted by Gasteiger charge is 2.29. The molecule has 14 heavy (non-hydrogen) atoms. The number of nitrogens with zero attached hydrogens (tertiary/aromatic N) is 1. The van der Waals surface area contributed by atoms with Crippen LogP contribution in [0.5, 0.6) is 0 Å². The maximum atomic E-state index is 13.2. The molecule has 2 N–H and O–H groups in total. The maximum Gasteiger partial charge on any atom is 0.141 e. The second-order valence-corrected chi connectivity index (χ2v) is 3.71. The molecule has 72 valence electrons. The Balaban J connectivity index is 2.28. The van der Waals surface area contributed by atoms with Gasteiger partial charge in [0.15, 0.2) is 0 Å². The molecule has 0 spiro atoms. The number of benzene rings is 1. The van der Waals surface area contributed by atoms with Gasteiger partial charge in [0, 0.05) is 6.04 Å². The van der Waals surface area contributed by atoms with E-state index in [1.165, 1.54) is 12.1 Å². The Bertz CT molecular complexity index is 391. The molecule has 0 bridgehead atoms. The monoisotopic (exact) mass is 190 g/mol. The number of nitriles is 1. The zero-order valence-electron chi connectivity index (χ0n) is 7.70. The van der Waals surface area contributed by atoms with Gasteiger partial charge in [-0.1, -0.05) is 6.07 Å². The zero-order chi connectivity index (χ0) is 10.1. The molecule has 0 heterocycles. The summed E-state index contributed by atoms with van der Waals surface area (Å²) in [7, 11) is 0. The summed E-state index contributed by atoms with van der Waals surface area (Å²) in [5.41, 5.74) is 6.79. The predicted molar refractivity (Wildman–Crippen MR) is 50.8 cm³/mol. The minimum atomic E-state index is -0.471. The van der Waals surface area contributed by atoms with Crippen molar-refractivity contribution in [3.63, 3.8) is 0 Å². The SMILES string of the molecule is N#Cc1ccc(C(N)C2CC2)cc1F. The van der Waals surface area contributed by atoms with Crippen LogP contribution in [-0.4, -0.2) is 0 Å². The van der Waals surface area contributed by atoms with Gasteiger partial charge < -0.3 is 5.73 Å². The van der Waals surface area contributed by atoms with Crippen LogP contribution in [0.25, 0.3) is 0 Å². The average Bonchev–Trinajstić information content (AvgIpc) is 3.00. The van der Waals surface area contributed by atoms with E-state index < -0.39 is 5.82 Å². The first-order chi connectivity index (χ1) is 6.72. The average molecular weight is 190 g/mol. The minimum Gasteiger partial charge on any atom is -0.324 e. The Morgan fingerprint density at radius 3 is 2.71 bits per heavy atom. The summed E-state index contributed by atoms with van der Waals surface area (Å²) >= 11 is 0. The van der Waals surface area contributed by atoms with Crippen molar-refractivity contribution in [1.82, 2.24) is 0 Å². The third-order valence-corrected chi connectivity index (χ3v) is 2.63. The molecule has 1 aliphatic rings. The predicted octanol–water partition coefficient (Wildman–Crippen LogP) is 2.11. The molecule has 1 unspecified atom stereocenters. The third kappa shape index (κ3) is 1.61. The van der Waals surface area contributed by atoms with E-state index in [2.05, 4.69) is 0 Å². The largest absolute Gasteiger partial charge is 0.324 e. The molecule has 1 aliphatic carbocycles. The molecule has 2 nitrogen and oxygen atoms in total. The summed E-state index contributed by atoms with van der Waals surface area (Å²) in [6.07, 6.45) is 2.26. The number of hydrogen-bond donors (Lipinski definition) is 1. The summed E-state index contributed by atoms with van der Waals surface area (Å²) in [5, 5.41) is 8.55. The fourth-order valence-corrected chi connectivity index (χ4v) is 1.56. The first-order valence-electron chi connectivity index (χ1n) is 4.67. The summed E-state index contributed by atoms with van der Waals surface area (Å²) < 4.78 is 13.2. The standard InChI is InChI=1S/C11H11FN2/c12-10-5-8(3-4-9(10)6-13)11(14)7-1-2-7/h3-5,7,11H,1-2,14H2. The van der Waals surface area contributed by atoms with Gasteiger partial charge in [0.25, 0.3) is 0 Å². The minimum absolute atomic E-state index is 0.0720. The Morgan fingerprint density at radius 2 is 2.21 bits per heavy atom. The van der Waals surface area contributed by atoms with Crippen molar-refractivity contribution in [1.29, 1.82) is 5.26 Å². The molecule has 1 aromatic rings. The third-order valence-electron chi connectivity index (χ3n) is 2.63. The molecule has 3 heteroatoms. The van der Waals surface area contributed by atoms with Crippen LogP contribution in [0.3, 0.4) is 0 Å². The van der Waals surface area contributed by atoms with E-state index in [-0.39, 0.29) is 11.6 Å². The van der Waals surface area contributed by atoms with E-state index in [0.29, 0.717) is 5.92 Å². The van der Waals surface area contributed by atoms with E-state index in [4.69, 9.17) is 11.0 Å². The molecule has 0 amide bonds. The second-order valence-electron chi connectivity index (χ2n) is 3.71. The first kappa shape index (κ1) is 9.17. The highest BCUT2D eigenvalue weighted by Crippen LogP contribution is 2.39.